The Hall–Kier alpha value is -0.650. The van der Waals surface area contributed by atoms with Crippen LogP contribution in [0.4, 0.5) is 0 Å². The van der Waals surface area contributed by atoms with Crippen molar-refractivity contribution in [3.63, 3.8) is 0 Å². The maximum absolute atomic E-state index is 11.3. The summed E-state index contributed by atoms with van der Waals surface area (Å²) in [6.45, 7) is 9.11. The first kappa shape index (κ1) is 11.4. The second-order valence-corrected chi connectivity index (χ2v) is 3.65. The number of rotatable bonds is 3. The van der Waals surface area contributed by atoms with Gasteiger partial charge in [-0.15, -0.1) is 0 Å². The number of nitrogens with one attached hydrogen (secondary N) is 1. The molecule has 1 atom stereocenters. The molecule has 0 aromatic heterocycles. The first-order chi connectivity index (χ1) is 6.69. The Balaban J connectivity index is 2.37. The van der Waals surface area contributed by atoms with E-state index in [1.165, 1.54) is 0 Å². The Kier molecular flexibility index (Phi) is 4.31. The van der Waals surface area contributed by atoms with E-state index in [4.69, 9.17) is 5.84 Å². The fourth-order valence-electron chi connectivity index (χ4n) is 1.75. The van der Waals surface area contributed by atoms with Gasteiger partial charge >= 0.3 is 0 Å². The Bertz CT molecular complexity index is 189. The van der Waals surface area contributed by atoms with Crippen molar-refractivity contribution in [1.29, 1.82) is 0 Å². The summed E-state index contributed by atoms with van der Waals surface area (Å²) in [6, 6.07) is -0.112. The molecule has 3 N–H and O–H groups in total. The first-order valence-corrected chi connectivity index (χ1v) is 5.16. The third kappa shape index (κ3) is 2.67. The maximum atomic E-state index is 11.3. The zero-order valence-electron chi connectivity index (χ0n) is 8.99. The molecule has 0 spiro atoms. The lowest BCUT2D eigenvalue weighted by molar-refractivity contribution is -0.126. The second-order valence-electron chi connectivity index (χ2n) is 3.65. The SMILES string of the molecule is CCN1CCN(C(C)C(=O)NN)CC1. The van der Waals surface area contributed by atoms with Gasteiger partial charge in [-0.3, -0.25) is 15.1 Å². The number of hydrogen-bond donors (Lipinski definition) is 2. The van der Waals surface area contributed by atoms with Crippen molar-refractivity contribution in [2.45, 2.75) is 19.9 Å². The van der Waals surface area contributed by atoms with Gasteiger partial charge in [0.1, 0.15) is 0 Å². The van der Waals surface area contributed by atoms with Gasteiger partial charge in [0.05, 0.1) is 6.04 Å². The number of carbonyl (C=O) groups excluding carboxylic acids is 1. The quantitative estimate of drug-likeness (QED) is 0.348. The molecule has 0 aromatic carbocycles. The minimum Gasteiger partial charge on any atom is -0.301 e. The summed E-state index contributed by atoms with van der Waals surface area (Å²) in [7, 11) is 0. The standard InChI is InChI=1S/C9H20N4O/c1-3-12-4-6-13(7-5-12)8(2)9(14)11-10/h8H,3-7,10H2,1-2H3,(H,11,14). The number of nitrogens with two attached hydrogens (primary N) is 1. The van der Waals surface area contributed by atoms with Gasteiger partial charge in [-0.1, -0.05) is 6.92 Å². The van der Waals surface area contributed by atoms with Crippen LogP contribution in [0.15, 0.2) is 0 Å². The number of carbonyl (C=O) groups is 1. The van der Waals surface area contributed by atoms with Gasteiger partial charge in [-0.05, 0) is 13.5 Å². The minimum absolute atomic E-state index is 0.102. The molecule has 1 fully saturated rings. The summed E-state index contributed by atoms with van der Waals surface area (Å²) >= 11 is 0. The monoisotopic (exact) mass is 200 g/mol. The van der Waals surface area contributed by atoms with Crippen molar-refractivity contribution in [1.82, 2.24) is 15.2 Å². The number of hydrogen-bond acceptors (Lipinski definition) is 4. The third-order valence-electron chi connectivity index (χ3n) is 2.92. The molecule has 1 saturated heterocycles. The zero-order chi connectivity index (χ0) is 10.6. The highest BCUT2D eigenvalue weighted by Crippen LogP contribution is 2.05. The second kappa shape index (κ2) is 5.29. The van der Waals surface area contributed by atoms with Gasteiger partial charge in [0.25, 0.3) is 5.91 Å². The summed E-state index contributed by atoms with van der Waals surface area (Å²) < 4.78 is 0. The Morgan fingerprint density at radius 3 is 2.43 bits per heavy atom. The van der Waals surface area contributed by atoms with Crippen LogP contribution in [-0.2, 0) is 4.79 Å². The molecule has 82 valence electrons. The van der Waals surface area contributed by atoms with E-state index in [1.54, 1.807) is 0 Å². The average Bonchev–Trinajstić information content (AvgIpc) is 2.27. The van der Waals surface area contributed by atoms with Crippen LogP contribution in [0, 0.1) is 0 Å². The van der Waals surface area contributed by atoms with Crippen molar-refractivity contribution in [3.05, 3.63) is 0 Å². The van der Waals surface area contributed by atoms with Crippen LogP contribution in [0.1, 0.15) is 13.8 Å². The molecule has 5 heteroatoms. The normalized spacial score (nSPS) is 21.9. The van der Waals surface area contributed by atoms with E-state index in [-0.39, 0.29) is 11.9 Å². The van der Waals surface area contributed by atoms with E-state index < -0.39 is 0 Å². The van der Waals surface area contributed by atoms with Crippen LogP contribution in [0.2, 0.25) is 0 Å². The lowest BCUT2D eigenvalue weighted by Gasteiger charge is -2.36. The fraction of sp³-hybridized carbons (Fsp3) is 0.889. The van der Waals surface area contributed by atoms with E-state index in [0.717, 1.165) is 32.7 Å². The number of nitrogens with zero attached hydrogens (tertiary/aromatic N) is 2. The van der Waals surface area contributed by atoms with Gasteiger partial charge < -0.3 is 4.90 Å². The van der Waals surface area contributed by atoms with Crippen LogP contribution in [-0.4, -0.2) is 54.5 Å². The Morgan fingerprint density at radius 2 is 2.00 bits per heavy atom. The Labute approximate surface area is 85.2 Å². The van der Waals surface area contributed by atoms with Gasteiger partial charge in [-0.2, -0.15) is 0 Å². The molecule has 1 rings (SSSR count). The van der Waals surface area contributed by atoms with Crippen LogP contribution in [0.3, 0.4) is 0 Å². The lowest BCUT2D eigenvalue weighted by Crippen LogP contribution is -2.54. The smallest absolute Gasteiger partial charge is 0.250 e. The van der Waals surface area contributed by atoms with Crippen molar-refractivity contribution in [2.24, 2.45) is 5.84 Å². The summed E-state index contributed by atoms with van der Waals surface area (Å²) in [5, 5.41) is 0. The predicted octanol–water partition coefficient (Wildman–Crippen LogP) is -0.998. The first-order valence-electron chi connectivity index (χ1n) is 5.16. The summed E-state index contributed by atoms with van der Waals surface area (Å²) in [5.74, 6) is 4.99. The summed E-state index contributed by atoms with van der Waals surface area (Å²) in [4.78, 5) is 15.8. The molecule has 1 amide bonds. The van der Waals surface area contributed by atoms with Gasteiger partial charge in [0.2, 0.25) is 0 Å². The van der Waals surface area contributed by atoms with Crippen molar-refractivity contribution >= 4 is 5.91 Å². The molecule has 14 heavy (non-hydrogen) atoms. The average molecular weight is 200 g/mol. The minimum atomic E-state index is -0.112. The molecular formula is C9H20N4O. The molecule has 1 aliphatic heterocycles. The fourth-order valence-corrected chi connectivity index (χ4v) is 1.75. The van der Waals surface area contributed by atoms with Gasteiger partial charge in [-0.25, -0.2) is 5.84 Å². The molecule has 0 radical (unpaired) electrons. The summed E-state index contributed by atoms with van der Waals surface area (Å²) in [5.41, 5.74) is 2.19. The lowest BCUT2D eigenvalue weighted by atomic mass is 10.2. The third-order valence-corrected chi connectivity index (χ3v) is 2.92. The highest BCUT2D eigenvalue weighted by molar-refractivity contribution is 5.80. The van der Waals surface area contributed by atoms with Crippen molar-refractivity contribution in [3.8, 4) is 0 Å². The zero-order valence-corrected chi connectivity index (χ0v) is 8.99. The molecule has 0 aliphatic carbocycles. The molecule has 1 aliphatic rings. The predicted molar refractivity (Wildman–Crippen MR) is 55.5 cm³/mol. The van der Waals surface area contributed by atoms with Gasteiger partial charge in [0.15, 0.2) is 0 Å². The summed E-state index contributed by atoms with van der Waals surface area (Å²) in [6.07, 6.45) is 0. The van der Waals surface area contributed by atoms with E-state index in [0.29, 0.717) is 0 Å². The largest absolute Gasteiger partial charge is 0.301 e. The van der Waals surface area contributed by atoms with Crippen LogP contribution < -0.4 is 11.3 Å². The number of amides is 1. The van der Waals surface area contributed by atoms with Crippen LogP contribution in [0.5, 0.6) is 0 Å². The number of hydrazine groups is 1. The highest BCUT2D eigenvalue weighted by atomic mass is 16.2. The highest BCUT2D eigenvalue weighted by Gasteiger charge is 2.24. The van der Waals surface area contributed by atoms with Crippen LogP contribution in [0.25, 0.3) is 0 Å². The van der Waals surface area contributed by atoms with Gasteiger partial charge in [0, 0.05) is 26.2 Å². The molecule has 1 unspecified atom stereocenters. The molecular weight excluding hydrogens is 180 g/mol. The Morgan fingerprint density at radius 1 is 1.43 bits per heavy atom. The maximum Gasteiger partial charge on any atom is 0.250 e. The topological polar surface area (TPSA) is 61.6 Å². The molecule has 1 heterocycles. The van der Waals surface area contributed by atoms with Crippen LogP contribution >= 0.6 is 0 Å². The molecule has 0 bridgehead atoms. The molecule has 0 aromatic rings. The molecule has 0 saturated carbocycles. The number of likely N-dealkylation sites (N-methyl/N-ethyl adjacent to an activating group) is 1. The molecule has 5 nitrogen and oxygen atoms in total. The van der Waals surface area contributed by atoms with E-state index in [2.05, 4.69) is 22.1 Å². The van der Waals surface area contributed by atoms with E-state index in [1.807, 2.05) is 6.92 Å². The van der Waals surface area contributed by atoms with E-state index >= 15 is 0 Å². The number of piperazine rings is 1. The van der Waals surface area contributed by atoms with Crippen molar-refractivity contribution in [2.75, 3.05) is 32.7 Å². The van der Waals surface area contributed by atoms with Crippen molar-refractivity contribution < 1.29 is 4.79 Å². The van der Waals surface area contributed by atoms with E-state index in [9.17, 15) is 4.79 Å².